The molecule has 1 unspecified atom stereocenters. The van der Waals surface area contributed by atoms with Crippen LogP contribution >= 0.6 is 0 Å². The number of hydrogen-bond acceptors (Lipinski definition) is 3. The van der Waals surface area contributed by atoms with Crippen molar-refractivity contribution in [2.45, 2.75) is 32.8 Å². The second kappa shape index (κ2) is 6.15. The smallest absolute Gasteiger partial charge is 0.166 e. The van der Waals surface area contributed by atoms with E-state index < -0.39 is 0 Å². The number of nitrogens with zero attached hydrogens (tertiary/aromatic N) is 2. The van der Waals surface area contributed by atoms with Crippen molar-refractivity contribution in [3.63, 3.8) is 0 Å². The molecule has 0 fully saturated rings. The van der Waals surface area contributed by atoms with E-state index in [-0.39, 0.29) is 0 Å². The standard InChI is InChI=1S/C15H18N2O/c1-3-12(2)13-5-7-14(8-6-13)18-11-15-16-9-4-10-17-15/h4-10,12H,3,11H2,1-2H3. The molecule has 94 valence electrons. The Hall–Kier alpha value is -1.90. The molecule has 18 heavy (non-hydrogen) atoms. The van der Waals surface area contributed by atoms with E-state index in [0.29, 0.717) is 18.3 Å². The number of rotatable bonds is 5. The third-order valence-electron chi connectivity index (χ3n) is 3.05. The van der Waals surface area contributed by atoms with Crippen molar-refractivity contribution in [2.75, 3.05) is 0 Å². The Morgan fingerprint density at radius 1 is 1.11 bits per heavy atom. The van der Waals surface area contributed by atoms with E-state index in [1.165, 1.54) is 5.56 Å². The zero-order valence-electron chi connectivity index (χ0n) is 10.8. The summed E-state index contributed by atoms with van der Waals surface area (Å²) in [6.07, 6.45) is 4.59. The van der Waals surface area contributed by atoms with Crippen LogP contribution in [-0.4, -0.2) is 9.97 Å². The van der Waals surface area contributed by atoms with Gasteiger partial charge in [-0.05, 0) is 36.1 Å². The topological polar surface area (TPSA) is 35.0 Å². The van der Waals surface area contributed by atoms with Gasteiger partial charge in [0.25, 0.3) is 0 Å². The van der Waals surface area contributed by atoms with E-state index in [1.807, 2.05) is 12.1 Å². The molecule has 3 heteroatoms. The Kier molecular flexibility index (Phi) is 4.29. The van der Waals surface area contributed by atoms with Crippen LogP contribution < -0.4 is 4.74 Å². The van der Waals surface area contributed by atoms with Crippen molar-refractivity contribution in [1.29, 1.82) is 0 Å². The van der Waals surface area contributed by atoms with Gasteiger partial charge in [0.05, 0.1) is 0 Å². The van der Waals surface area contributed by atoms with Crippen molar-refractivity contribution in [2.24, 2.45) is 0 Å². The van der Waals surface area contributed by atoms with E-state index in [4.69, 9.17) is 4.74 Å². The first kappa shape index (κ1) is 12.6. The fourth-order valence-corrected chi connectivity index (χ4v) is 1.68. The van der Waals surface area contributed by atoms with Crippen LogP contribution in [0, 0.1) is 0 Å². The summed E-state index contributed by atoms with van der Waals surface area (Å²) in [4.78, 5) is 8.23. The van der Waals surface area contributed by atoms with E-state index in [0.717, 1.165) is 12.2 Å². The molecule has 1 aromatic heterocycles. The molecule has 0 amide bonds. The maximum atomic E-state index is 5.64. The van der Waals surface area contributed by atoms with Gasteiger partial charge in [0.1, 0.15) is 12.4 Å². The maximum Gasteiger partial charge on any atom is 0.166 e. The van der Waals surface area contributed by atoms with Crippen LogP contribution in [-0.2, 0) is 6.61 Å². The minimum atomic E-state index is 0.406. The molecule has 1 aromatic carbocycles. The summed E-state index contributed by atoms with van der Waals surface area (Å²) in [5.41, 5.74) is 1.35. The second-order valence-electron chi connectivity index (χ2n) is 4.33. The van der Waals surface area contributed by atoms with Crippen molar-refractivity contribution in [3.8, 4) is 5.75 Å². The summed E-state index contributed by atoms with van der Waals surface area (Å²) in [5.74, 6) is 2.15. The van der Waals surface area contributed by atoms with Crippen LogP contribution in [0.2, 0.25) is 0 Å². The van der Waals surface area contributed by atoms with Crippen LogP contribution in [0.15, 0.2) is 42.7 Å². The monoisotopic (exact) mass is 242 g/mol. The SMILES string of the molecule is CCC(C)c1ccc(OCc2ncccn2)cc1. The molecular weight excluding hydrogens is 224 g/mol. The van der Waals surface area contributed by atoms with E-state index >= 15 is 0 Å². The quantitative estimate of drug-likeness (QED) is 0.804. The first-order chi connectivity index (χ1) is 8.79. The summed E-state index contributed by atoms with van der Waals surface area (Å²) in [5, 5.41) is 0. The van der Waals surface area contributed by atoms with Crippen LogP contribution in [0.25, 0.3) is 0 Å². The first-order valence-corrected chi connectivity index (χ1v) is 6.28. The number of ether oxygens (including phenoxy) is 1. The molecule has 0 spiro atoms. The summed E-state index contributed by atoms with van der Waals surface area (Å²) in [6, 6.07) is 10.0. The van der Waals surface area contributed by atoms with Crippen LogP contribution in [0.3, 0.4) is 0 Å². The van der Waals surface area contributed by atoms with Gasteiger partial charge in [-0.3, -0.25) is 0 Å². The summed E-state index contributed by atoms with van der Waals surface area (Å²) in [7, 11) is 0. The van der Waals surface area contributed by atoms with Gasteiger partial charge in [0, 0.05) is 12.4 Å². The molecule has 0 N–H and O–H groups in total. The van der Waals surface area contributed by atoms with Gasteiger partial charge in [0.15, 0.2) is 5.82 Å². The summed E-state index contributed by atoms with van der Waals surface area (Å²) < 4.78 is 5.64. The third kappa shape index (κ3) is 3.29. The molecule has 0 aliphatic rings. The molecule has 1 heterocycles. The molecule has 0 saturated carbocycles. The third-order valence-corrected chi connectivity index (χ3v) is 3.05. The van der Waals surface area contributed by atoms with Gasteiger partial charge in [-0.25, -0.2) is 9.97 Å². The Labute approximate surface area is 108 Å². The van der Waals surface area contributed by atoms with Gasteiger partial charge >= 0.3 is 0 Å². The molecule has 3 nitrogen and oxygen atoms in total. The normalized spacial score (nSPS) is 12.1. The Morgan fingerprint density at radius 3 is 2.39 bits per heavy atom. The van der Waals surface area contributed by atoms with Crippen molar-refractivity contribution in [3.05, 3.63) is 54.1 Å². The van der Waals surface area contributed by atoms with Gasteiger partial charge in [0.2, 0.25) is 0 Å². The highest BCUT2D eigenvalue weighted by molar-refractivity contribution is 5.29. The number of hydrogen-bond donors (Lipinski definition) is 0. The summed E-state index contributed by atoms with van der Waals surface area (Å²) in [6.45, 7) is 4.83. The molecule has 0 aliphatic carbocycles. The molecular formula is C15H18N2O. The zero-order chi connectivity index (χ0) is 12.8. The molecule has 2 aromatic rings. The van der Waals surface area contributed by atoms with Crippen LogP contribution in [0.1, 0.15) is 37.6 Å². The maximum absolute atomic E-state index is 5.64. The van der Waals surface area contributed by atoms with Crippen molar-refractivity contribution >= 4 is 0 Å². The minimum absolute atomic E-state index is 0.406. The molecule has 0 saturated heterocycles. The average Bonchev–Trinajstić information content (AvgIpc) is 2.46. The fraction of sp³-hybridized carbons (Fsp3) is 0.333. The summed E-state index contributed by atoms with van der Waals surface area (Å²) >= 11 is 0. The lowest BCUT2D eigenvalue weighted by Gasteiger charge is -2.10. The number of aromatic nitrogens is 2. The second-order valence-corrected chi connectivity index (χ2v) is 4.33. The lowest BCUT2D eigenvalue weighted by molar-refractivity contribution is 0.295. The lowest BCUT2D eigenvalue weighted by Crippen LogP contribution is -2.00. The Bertz CT molecular complexity index is 468. The van der Waals surface area contributed by atoms with Crippen LogP contribution in [0.4, 0.5) is 0 Å². The molecule has 1 atom stereocenters. The van der Waals surface area contributed by atoms with Crippen molar-refractivity contribution in [1.82, 2.24) is 9.97 Å². The minimum Gasteiger partial charge on any atom is -0.486 e. The van der Waals surface area contributed by atoms with Gasteiger partial charge < -0.3 is 4.74 Å². The Balaban J connectivity index is 1.94. The molecule has 2 rings (SSSR count). The van der Waals surface area contributed by atoms with Gasteiger partial charge in [-0.1, -0.05) is 26.0 Å². The van der Waals surface area contributed by atoms with Gasteiger partial charge in [-0.2, -0.15) is 0 Å². The highest BCUT2D eigenvalue weighted by atomic mass is 16.5. The highest BCUT2D eigenvalue weighted by Gasteiger charge is 2.03. The zero-order valence-corrected chi connectivity index (χ0v) is 10.8. The molecule has 0 radical (unpaired) electrons. The van der Waals surface area contributed by atoms with E-state index in [2.05, 4.69) is 35.9 Å². The Morgan fingerprint density at radius 2 is 1.78 bits per heavy atom. The predicted octanol–water partition coefficient (Wildman–Crippen LogP) is 3.57. The average molecular weight is 242 g/mol. The predicted molar refractivity (Wildman–Crippen MR) is 71.5 cm³/mol. The number of benzene rings is 1. The molecule has 0 aliphatic heterocycles. The largest absolute Gasteiger partial charge is 0.486 e. The van der Waals surface area contributed by atoms with Crippen molar-refractivity contribution < 1.29 is 4.74 Å². The van der Waals surface area contributed by atoms with E-state index in [1.54, 1.807) is 18.5 Å². The van der Waals surface area contributed by atoms with Gasteiger partial charge in [-0.15, -0.1) is 0 Å². The fourth-order valence-electron chi connectivity index (χ4n) is 1.68. The first-order valence-electron chi connectivity index (χ1n) is 6.28. The lowest BCUT2D eigenvalue weighted by atomic mass is 9.99. The highest BCUT2D eigenvalue weighted by Crippen LogP contribution is 2.21. The van der Waals surface area contributed by atoms with Crippen LogP contribution in [0.5, 0.6) is 5.75 Å². The van der Waals surface area contributed by atoms with E-state index in [9.17, 15) is 0 Å². The molecule has 0 bridgehead atoms.